The summed E-state index contributed by atoms with van der Waals surface area (Å²) < 4.78 is 13.8. The molecule has 7 heteroatoms. The van der Waals surface area contributed by atoms with Gasteiger partial charge in [0.15, 0.2) is 0 Å². The fourth-order valence-electron chi connectivity index (χ4n) is 7.92. The van der Waals surface area contributed by atoms with Crippen LogP contribution >= 0.6 is 0 Å². The molecule has 1 heterocycles. The highest BCUT2D eigenvalue weighted by atomic mass is 16.5. The van der Waals surface area contributed by atoms with Crippen LogP contribution in [0, 0.1) is 11.8 Å². The molecular weight excluding hydrogens is 695 g/mol. The third-order valence-corrected chi connectivity index (χ3v) is 11.8. The van der Waals surface area contributed by atoms with Gasteiger partial charge >= 0.3 is 11.9 Å². The Labute approximate surface area is 347 Å². The molecule has 2 unspecified atom stereocenters. The van der Waals surface area contributed by atoms with Crippen LogP contribution < -0.4 is 0 Å². The van der Waals surface area contributed by atoms with Gasteiger partial charge in [0, 0.05) is 19.4 Å². The highest BCUT2D eigenvalue weighted by molar-refractivity contribution is 5.72. The van der Waals surface area contributed by atoms with E-state index in [0.717, 1.165) is 128 Å². The first kappa shape index (κ1) is 52.1. The van der Waals surface area contributed by atoms with Gasteiger partial charge in [0.1, 0.15) is 5.82 Å². The van der Waals surface area contributed by atoms with Gasteiger partial charge in [-0.05, 0) is 64.5 Å². The van der Waals surface area contributed by atoms with Crippen LogP contribution in [0.25, 0.3) is 0 Å². The largest absolute Gasteiger partial charge is 0.465 e. The van der Waals surface area contributed by atoms with Crippen molar-refractivity contribution in [1.29, 1.82) is 0 Å². The molecule has 0 bridgehead atoms. The number of unbranched alkanes of at least 4 members (excludes halogenated alkanes) is 22. The van der Waals surface area contributed by atoms with E-state index in [2.05, 4.69) is 49.2 Å². The number of carbonyl (C=O) groups excluding carboxylic acids is 2. The van der Waals surface area contributed by atoms with E-state index >= 15 is 0 Å². The highest BCUT2D eigenvalue weighted by Crippen LogP contribution is 2.22. The third kappa shape index (κ3) is 29.3. The third-order valence-electron chi connectivity index (χ3n) is 11.8. The second kappa shape index (κ2) is 38.6. The number of nitrogens with zero attached hydrogens (tertiary/aromatic N) is 3. The molecule has 1 aromatic rings. The van der Waals surface area contributed by atoms with Crippen molar-refractivity contribution in [2.24, 2.45) is 18.9 Å². The molecule has 0 aliphatic carbocycles. The van der Waals surface area contributed by atoms with Crippen LogP contribution in [0.15, 0.2) is 12.4 Å². The Morgan fingerprint density at radius 3 is 1.23 bits per heavy atom. The summed E-state index contributed by atoms with van der Waals surface area (Å²) >= 11 is 0. The SMILES string of the molecule is CCCCCCCCC(CCCCCC)C(=O)OCCCCCCN(CCCCCCOC(=O)C(CCCCCC)CCCCCCCC)Cc1nccn1C. The Hall–Kier alpha value is -1.89. The minimum Gasteiger partial charge on any atom is -0.465 e. The van der Waals surface area contributed by atoms with Gasteiger partial charge < -0.3 is 14.0 Å². The van der Waals surface area contributed by atoms with Gasteiger partial charge in [-0.3, -0.25) is 14.5 Å². The lowest BCUT2D eigenvalue weighted by molar-refractivity contribution is -0.150. The molecular formula is C49H93N3O4. The Morgan fingerprint density at radius 1 is 0.518 bits per heavy atom. The Bertz CT molecular complexity index is 955. The average Bonchev–Trinajstić information content (AvgIpc) is 3.61. The van der Waals surface area contributed by atoms with Gasteiger partial charge in [0.05, 0.1) is 31.6 Å². The maximum absolute atomic E-state index is 13.0. The minimum absolute atomic E-state index is 0.0555. The van der Waals surface area contributed by atoms with Crippen molar-refractivity contribution in [2.75, 3.05) is 26.3 Å². The van der Waals surface area contributed by atoms with E-state index in [1.165, 1.54) is 103 Å². The van der Waals surface area contributed by atoms with E-state index in [1.54, 1.807) is 0 Å². The smallest absolute Gasteiger partial charge is 0.308 e. The number of carbonyl (C=O) groups is 2. The number of hydrogen-bond donors (Lipinski definition) is 0. The quantitative estimate of drug-likeness (QED) is 0.0485. The number of ether oxygens (including phenoxy) is 2. The molecule has 0 aliphatic rings. The summed E-state index contributed by atoms with van der Waals surface area (Å²) in [5, 5.41) is 0. The fourth-order valence-corrected chi connectivity index (χ4v) is 7.92. The zero-order valence-electron chi connectivity index (χ0n) is 37.9. The second-order valence-electron chi connectivity index (χ2n) is 17.1. The number of aromatic nitrogens is 2. The predicted octanol–water partition coefficient (Wildman–Crippen LogP) is 14.1. The number of esters is 2. The highest BCUT2D eigenvalue weighted by Gasteiger charge is 2.20. The maximum atomic E-state index is 13.0. The van der Waals surface area contributed by atoms with E-state index in [1.807, 2.05) is 12.4 Å². The molecule has 0 N–H and O–H groups in total. The van der Waals surface area contributed by atoms with Crippen molar-refractivity contribution >= 4 is 11.9 Å². The molecule has 0 saturated carbocycles. The minimum atomic E-state index is 0.0555. The lowest BCUT2D eigenvalue weighted by atomic mass is 9.94. The summed E-state index contributed by atoms with van der Waals surface area (Å²) in [5.74, 6) is 1.40. The average molecular weight is 788 g/mol. The Morgan fingerprint density at radius 2 is 0.857 bits per heavy atom. The summed E-state index contributed by atoms with van der Waals surface area (Å²) in [4.78, 5) is 33.2. The number of imidazole rings is 1. The van der Waals surface area contributed by atoms with Crippen molar-refractivity contribution in [1.82, 2.24) is 14.5 Å². The molecule has 0 aliphatic heterocycles. The molecule has 0 saturated heterocycles. The van der Waals surface area contributed by atoms with Gasteiger partial charge in [-0.2, -0.15) is 0 Å². The van der Waals surface area contributed by atoms with Crippen LogP contribution in [0.2, 0.25) is 0 Å². The first-order chi connectivity index (χ1) is 27.5. The molecule has 0 radical (unpaired) electrons. The van der Waals surface area contributed by atoms with Gasteiger partial charge in [0.25, 0.3) is 0 Å². The van der Waals surface area contributed by atoms with E-state index in [9.17, 15) is 9.59 Å². The van der Waals surface area contributed by atoms with Crippen molar-refractivity contribution in [2.45, 2.75) is 240 Å². The summed E-state index contributed by atoms with van der Waals surface area (Å²) in [6.07, 6.45) is 41.5. The van der Waals surface area contributed by atoms with Crippen LogP contribution in [0.5, 0.6) is 0 Å². The van der Waals surface area contributed by atoms with Crippen molar-refractivity contribution < 1.29 is 19.1 Å². The molecule has 1 aromatic heterocycles. The van der Waals surface area contributed by atoms with Crippen molar-refractivity contribution in [3.05, 3.63) is 18.2 Å². The summed E-state index contributed by atoms with van der Waals surface area (Å²) in [7, 11) is 2.08. The molecule has 56 heavy (non-hydrogen) atoms. The lowest BCUT2D eigenvalue weighted by Crippen LogP contribution is -2.27. The van der Waals surface area contributed by atoms with Gasteiger partial charge in [-0.15, -0.1) is 0 Å². The topological polar surface area (TPSA) is 73.7 Å². The molecule has 0 amide bonds. The number of rotatable bonds is 42. The molecule has 7 nitrogen and oxygen atoms in total. The van der Waals surface area contributed by atoms with E-state index in [4.69, 9.17) is 9.47 Å². The maximum Gasteiger partial charge on any atom is 0.308 e. The van der Waals surface area contributed by atoms with Crippen LogP contribution in [0.4, 0.5) is 0 Å². The monoisotopic (exact) mass is 788 g/mol. The summed E-state index contributed by atoms with van der Waals surface area (Å²) in [6.45, 7) is 13.1. The summed E-state index contributed by atoms with van der Waals surface area (Å²) in [5.41, 5.74) is 0. The Kier molecular flexibility index (Phi) is 35.9. The van der Waals surface area contributed by atoms with Crippen molar-refractivity contribution in [3.8, 4) is 0 Å². The number of hydrogen-bond acceptors (Lipinski definition) is 6. The zero-order valence-corrected chi connectivity index (χ0v) is 37.9. The van der Waals surface area contributed by atoms with Crippen LogP contribution in [0.1, 0.15) is 239 Å². The standard InChI is InChI=1S/C49H93N3O4/c1-6-10-14-18-20-28-36-45(34-26-16-12-8-3)48(53)55-42-32-24-22-30-39-52(44-47-50-38-41-51(47)5)40-31-23-25-33-43-56-49(54)46(35-27-17-13-9-4)37-29-21-19-15-11-7-2/h38,41,45-46H,6-37,39-40,42-44H2,1-5H3. The lowest BCUT2D eigenvalue weighted by Gasteiger charge is -2.22. The van der Waals surface area contributed by atoms with Gasteiger partial charge in [-0.25, -0.2) is 4.98 Å². The van der Waals surface area contributed by atoms with E-state index in [-0.39, 0.29) is 23.8 Å². The second-order valence-corrected chi connectivity index (χ2v) is 17.1. The molecule has 328 valence electrons. The van der Waals surface area contributed by atoms with Crippen LogP contribution in [0.3, 0.4) is 0 Å². The molecule has 2 atom stereocenters. The summed E-state index contributed by atoms with van der Waals surface area (Å²) in [6, 6.07) is 0. The van der Waals surface area contributed by atoms with Crippen LogP contribution in [-0.4, -0.2) is 52.7 Å². The predicted molar refractivity (Wildman–Crippen MR) is 238 cm³/mol. The van der Waals surface area contributed by atoms with Gasteiger partial charge in [-0.1, -0.05) is 182 Å². The van der Waals surface area contributed by atoms with E-state index < -0.39 is 0 Å². The fraction of sp³-hybridized carbons (Fsp3) is 0.898. The van der Waals surface area contributed by atoms with Crippen LogP contribution in [-0.2, 0) is 32.7 Å². The molecule has 0 aromatic carbocycles. The van der Waals surface area contributed by atoms with E-state index in [0.29, 0.717) is 13.2 Å². The molecule has 1 rings (SSSR count). The Balaban J connectivity index is 2.38. The molecule has 0 spiro atoms. The first-order valence-electron chi connectivity index (χ1n) is 24.5. The van der Waals surface area contributed by atoms with Gasteiger partial charge in [0.2, 0.25) is 0 Å². The normalized spacial score (nSPS) is 12.7. The number of aryl methyl sites for hydroxylation is 1. The first-order valence-corrected chi connectivity index (χ1v) is 24.5. The molecule has 0 fully saturated rings. The zero-order chi connectivity index (χ0) is 40.7. The van der Waals surface area contributed by atoms with Crippen molar-refractivity contribution in [3.63, 3.8) is 0 Å².